The first-order chi connectivity index (χ1) is 6.34. The second-order valence-corrected chi connectivity index (χ2v) is 4.36. The van der Waals surface area contributed by atoms with Gasteiger partial charge in [0, 0.05) is 32.1 Å². The van der Waals surface area contributed by atoms with Crippen molar-refractivity contribution in [3.8, 4) is 0 Å². The molecule has 0 atom stereocenters. The molecule has 2 heterocycles. The van der Waals surface area contributed by atoms with Gasteiger partial charge in [0.2, 0.25) is 0 Å². The topological polar surface area (TPSA) is 24.5 Å². The number of likely N-dealkylation sites (tertiary alicyclic amines) is 1. The predicted octanol–water partition coefficient (Wildman–Crippen LogP) is 0.317. The Balaban J connectivity index is 1.59. The molecule has 0 aromatic heterocycles. The van der Waals surface area contributed by atoms with Crippen LogP contribution in [0.5, 0.6) is 0 Å². The Hall–Kier alpha value is -0.120. The lowest BCUT2D eigenvalue weighted by molar-refractivity contribution is -0.0133. The Bertz CT molecular complexity index is 151. The van der Waals surface area contributed by atoms with Gasteiger partial charge in [-0.25, -0.2) is 0 Å². The van der Waals surface area contributed by atoms with Crippen LogP contribution < -0.4 is 5.32 Å². The number of nitrogens with one attached hydrogen (secondary N) is 1. The first kappa shape index (κ1) is 9.44. The van der Waals surface area contributed by atoms with Crippen molar-refractivity contribution in [2.75, 3.05) is 39.8 Å². The summed E-state index contributed by atoms with van der Waals surface area (Å²) < 4.78 is 5.87. The molecule has 2 rings (SSSR count). The van der Waals surface area contributed by atoms with E-state index in [1.165, 1.54) is 25.9 Å². The maximum absolute atomic E-state index is 5.87. The molecule has 3 heteroatoms. The third kappa shape index (κ3) is 2.66. The van der Waals surface area contributed by atoms with Crippen LogP contribution in [0.2, 0.25) is 0 Å². The molecule has 2 aliphatic rings. The van der Waals surface area contributed by atoms with Gasteiger partial charge >= 0.3 is 0 Å². The third-order valence-electron chi connectivity index (χ3n) is 3.10. The van der Waals surface area contributed by atoms with Crippen LogP contribution in [0.25, 0.3) is 0 Å². The van der Waals surface area contributed by atoms with Gasteiger partial charge in [0.05, 0.1) is 12.7 Å². The molecule has 0 saturated carbocycles. The van der Waals surface area contributed by atoms with Crippen molar-refractivity contribution >= 4 is 0 Å². The van der Waals surface area contributed by atoms with Crippen molar-refractivity contribution in [1.82, 2.24) is 10.2 Å². The predicted molar refractivity (Wildman–Crippen MR) is 52.8 cm³/mol. The number of hydrogen-bond acceptors (Lipinski definition) is 3. The summed E-state index contributed by atoms with van der Waals surface area (Å²) in [6.45, 7) is 5.70. The third-order valence-corrected chi connectivity index (χ3v) is 3.10. The van der Waals surface area contributed by atoms with E-state index >= 15 is 0 Å². The molecule has 76 valence electrons. The van der Waals surface area contributed by atoms with Crippen molar-refractivity contribution in [3.63, 3.8) is 0 Å². The van der Waals surface area contributed by atoms with Gasteiger partial charge in [0.15, 0.2) is 0 Å². The van der Waals surface area contributed by atoms with Crippen molar-refractivity contribution in [2.45, 2.75) is 18.9 Å². The van der Waals surface area contributed by atoms with Gasteiger partial charge < -0.3 is 15.0 Å². The van der Waals surface area contributed by atoms with E-state index in [0.717, 1.165) is 25.6 Å². The fourth-order valence-electron chi connectivity index (χ4n) is 1.89. The smallest absolute Gasteiger partial charge is 0.0599 e. The highest BCUT2D eigenvalue weighted by molar-refractivity contribution is 4.76. The summed E-state index contributed by atoms with van der Waals surface area (Å²) in [6.07, 6.45) is 2.98. The standard InChI is InChI=1S/C10H20N2O/c1-12-4-2-10(3-5-12)13-8-9-6-11-7-9/h9-11H,2-8H2,1H3. The summed E-state index contributed by atoms with van der Waals surface area (Å²) in [4.78, 5) is 2.38. The van der Waals surface area contributed by atoms with Gasteiger partial charge in [-0.15, -0.1) is 0 Å². The molecule has 0 radical (unpaired) electrons. The van der Waals surface area contributed by atoms with Gasteiger partial charge in [-0.2, -0.15) is 0 Å². The summed E-state index contributed by atoms with van der Waals surface area (Å²) in [5, 5.41) is 3.27. The highest BCUT2D eigenvalue weighted by atomic mass is 16.5. The van der Waals surface area contributed by atoms with Crippen LogP contribution in [0.15, 0.2) is 0 Å². The first-order valence-electron chi connectivity index (χ1n) is 5.35. The second kappa shape index (κ2) is 4.40. The van der Waals surface area contributed by atoms with Crippen LogP contribution in [-0.2, 0) is 4.74 Å². The lowest BCUT2D eigenvalue weighted by Crippen LogP contribution is -2.45. The monoisotopic (exact) mass is 184 g/mol. The fraction of sp³-hybridized carbons (Fsp3) is 1.00. The van der Waals surface area contributed by atoms with Crippen molar-refractivity contribution in [2.24, 2.45) is 5.92 Å². The van der Waals surface area contributed by atoms with Crippen molar-refractivity contribution in [1.29, 1.82) is 0 Å². The van der Waals surface area contributed by atoms with E-state index in [1.54, 1.807) is 0 Å². The Kier molecular flexibility index (Phi) is 3.19. The van der Waals surface area contributed by atoms with E-state index in [1.807, 2.05) is 0 Å². The molecule has 2 saturated heterocycles. The molecular weight excluding hydrogens is 164 g/mol. The Morgan fingerprint density at radius 2 is 2.00 bits per heavy atom. The van der Waals surface area contributed by atoms with Crippen LogP contribution in [0.3, 0.4) is 0 Å². The molecule has 3 nitrogen and oxygen atoms in total. The molecule has 0 aromatic rings. The average Bonchev–Trinajstić information content (AvgIpc) is 2.05. The highest BCUT2D eigenvalue weighted by Gasteiger charge is 2.21. The quantitative estimate of drug-likeness (QED) is 0.683. The molecule has 0 amide bonds. The molecule has 0 aliphatic carbocycles. The second-order valence-electron chi connectivity index (χ2n) is 4.36. The summed E-state index contributed by atoms with van der Waals surface area (Å²) >= 11 is 0. The van der Waals surface area contributed by atoms with Gasteiger partial charge in [-0.1, -0.05) is 0 Å². The molecule has 2 aliphatic heterocycles. The van der Waals surface area contributed by atoms with Crippen LogP contribution in [0.4, 0.5) is 0 Å². The summed E-state index contributed by atoms with van der Waals surface area (Å²) in [5.74, 6) is 0.791. The zero-order valence-electron chi connectivity index (χ0n) is 8.46. The first-order valence-corrected chi connectivity index (χ1v) is 5.35. The number of piperidine rings is 1. The Morgan fingerprint density at radius 3 is 2.54 bits per heavy atom. The van der Waals surface area contributed by atoms with E-state index in [2.05, 4.69) is 17.3 Å². The lowest BCUT2D eigenvalue weighted by atomic mass is 10.0. The zero-order valence-corrected chi connectivity index (χ0v) is 8.46. The minimum atomic E-state index is 0.539. The summed E-state index contributed by atoms with van der Waals surface area (Å²) in [6, 6.07) is 0. The number of hydrogen-bond donors (Lipinski definition) is 1. The van der Waals surface area contributed by atoms with E-state index < -0.39 is 0 Å². The van der Waals surface area contributed by atoms with E-state index in [9.17, 15) is 0 Å². The average molecular weight is 184 g/mol. The van der Waals surface area contributed by atoms with E-state index in [-0.39, 0.29) is 0 Å². The minimum absolute atomic E-state index is 0.539. The van der Waals surface area contributed by atoms with Gasteiger partial charge in [0.25, 0.3) is 0 Å². The number of rotatable bonds is 3. The Morgan fingerprint density at radius 1 is 1.31 bits per heavy atom. The Labute approximate surface area is 80.4 Å². The lowest BCUT2D eigenvalue weighted by Gasteiger charge is -2.32. The zero-order chi connectivity index (χ0) is 9.10. The normalized spacial score (nSPS) is 27.5. The molecule has 0 aromatic carbocycles. The van der Waals surface area contributed by atoms with Gasteiger partial charge in [-0.05, 0) is 19.9 Å². The summed E-state index contributed by atoms with van der Waals surface area (Å²) in [5.41, 5.74) is 0. The number of nitrogens with zero attached hydrogens (tertiary/aromatic N) is 1. The van der Waals surface area contributed by atoms with Crippen molar-refractivity contribution in [3.05, 3.63) is 0 Å². The highest BCUT2D eigenvalue weighted by Crippen LogP contribution is 2.14. The van der Waals surface area contributed by atoms with Crippen LogP contribution in [0, 0.1) is 5.92 Å². The van der Waals surface area contributed by atoms with Crippen LogP contribution in [0.1, 0.15) is 12.8 Å². The maximum Gasteiger partial charge on any atom is 0.0599 e. The summed E-state index contributed by atoms with van der Waals surface area (Å²) in [7, 11) is 2.19. The number of ether oxygens (including phenoxy) is 1. The molecule has 0 bridgehead atoms. The molecule has 0 unspecified atom stereocenters. The SMILES string of the molecule is CN1CCC(OCC2CNC2)CC1. The van der Waals surface area contributed by atoms with Gasteiger partial charge in [0.1, 0.15) is 0 Å². The van der Waals surface area contributed by atoms with Gasteiger partial charge in [-0.3, -0.25) is 0 Å². The molecule has 1 N–H and O–H groups in total. The fourth-order valence-corrected chi connectivity index (χ4v) is 1.89. The molecule has 0 spiro atoms. The molecule has 2 fully saturated rings. The van der Waals surface area contributed by atoms with Crippen LogP contribution in [-0.4, -0.2) is 50.8 Å². The van der Waals surface area contributed by atoms with Crippen molar-refractivity contribution < 1.29 is 4.74 Å². The van der Waals surface area contributed by atoms with E-state index in [4.69, 9.17) is 4.74 Å². The largest absolute Gasteiger partial charge is 0.378 e. The molecule has 13 heavy (non-hydrogen) atoms. The molecular formula is C10H20N2O. The van der Waals surface area contributed by atoms with Crippen LogP contribution >= 0.6 is 0 Å². The van der Waals surface area contributed by atoms with E-state index in [0.29, 0.717) is 6.10 Å². The maximum atomic E-state index is 5.87. The minimum Gasteiger partial charge on any atom is -0.378 e.